The molecule has 2 N–H and O–H groups in total. The molecule has 1 aliphatic rings. The summed E-state index contributed by atoms with van der Waals surface area (Å²) in [4.78, 5) is 13.4. The van der Waals surface area contributed by atoms with E-state index in [4.69, 9.17) is 5.73 Å². The second-order valence-corrected chi connectivity index (χ2v) is 4.18. The molecule has 1 rings (SSSR count). The number of likely N-dealkylation sites (tertiary alicyclic amines) is 1. The van der Waals surface area contributed by atoms with Crippen LogP contribution >= 0.6 is 0 Å². The maximum absolute atomic E-state index is 11.6. The Balaban J connectivity index is 2.35. The highest BCUT2D eigenvalue weighted by Crippen LogP contribution is 2.23. The molecule has 1 saturated heterocycles. The first kappa shape index (κ1) is 11.8. The van der Waals surface area contributed by atoms with Crippen LogP contribution in [0.15, 0.2) is 23.9 Å². The van der Waals surface area contributed by atoms with Crippen molar-refractivity contribution in [2.75, 3.05) is 13.6 Å². The molecule has 3 heteroatoms. The average Bonchev–Trinajstić information content (AvgIpc) is 2.54. The number of allylic oxidation sites excluding steroid dienone is 3. The van der Waals surface area contributed by atoms with E-state index in [9.17, 15) is 4.79 Å². The van der Waals surface area contributed by atoms with Gasteiger partial charge in [-0.1, -0.05) is 11.6 Å². The molecule has 1 amide bonds. The van der Waals surface area contributed by atoms with Gasteiger partial charge in [0.15, 0.2) is 0 Å². The molecule has 1 aliphatic heterocycles. The van der Waals surface area contributed by atoms with E-state index in [1.807, 2.05) is 24.1 Å². The minimum absolute atomic E-state index is 0.236. The van der Waals surface area contributed by atoms with Crippen LogP contribution in [0.25, 0.3) is 0 Å². The molecule has 1 fully saturated rings. The van der Waals surface area contributed by atoms with Crippen molar-refractivity contribution in [1.29, 1.82) is 0 Å². The summed E-state index contributed by atoms with van der Waals surface area (Å²) in [6.07, 6.45) is 8.31. The second kappa shape index (κ2) is 5.59. The predicted molar refractivity (Wildman–Crippen MR) is 62.1 cm³/mol. The molecule has 0 aromatic rings. The van der Waals surface area contributed by atoms with Gasteiger partial charge in [0.2, 0.25) is 5.91 Å². The molecule has 1 atom stereocenters. The van der Waals surface area contributed by atoms with E-state index < -0.39 is 0 Å². The smallest absolute Gasteiger partial charge is 0.225 e. The van der Waals surface area contributed by atoms with Crippen molar-refractivity contribution in [3.8, 4) is 0 Å². The van der Waals surface area contributed by atoms with E-state index in [1.165, 1.54) is 11.8 Å². The Labute approximate surface area is 91.6 Å². The molecule has 0 radical (unpaired) electrons. The van der Waals surface area contributed by atoms with Crippen molar-refractivity contribution in [2.45, 2.75) is 26.2 Å². The van der Waals surface area contributed by atoms with Crippen LogP contribution in [0.4, 0.5) is 0 Å². The third-order valence-electron chi connectivity index (χ3n) is 2.92. The van der Waals surface area contributed by atoms with Gasteiger partial charge in [0, 0.05) is 19.5 Å². The fraction of sp³-hybridized carbons (Fsp3) is 0.583. The summed E-state index contributed by atoms with van der Waals surface area (Å²) in [6, 6.07) is 0. The summed E-state index contributed by atoms with van der Waals surface area (Å²) in [7, 11) is 1.88. The summed E-state index contributed by atoms with van der Waals surface area (Å²) >= 11 is 0. The maximum atomic E-state index is 11.6. The molecular formula is C12H20N2O. The molecule has 15 heavy (non-hydrogen) atoms. The van der Waals surface area contributed by atoms with Gasteiger partial charge in [-0.3, -0.25) is 4.79 Å². The van der Waals surface area contributed by atoms with Crippen LogP contribution in [0.5, 0.6) is 0 Å². The molecule has 0 aliphatic carbocycles. The van der Waals surface area contributed by atoms with Gasteiger partial charge in [0.1, 0.15) is 0 Å². The third-order valence-corrected chi connectivity index (χ3v) is 2.92. The molecule has 0 bridgehead atoms. The zero-order valence-corrected chi connectivity index (χ0v) is 9.57. The van der Waals surface area contributed by atoms with Gasteiger partial charge in [0.25, 0.3) is 0 Å². The fourth-order valence-corrected chi connectivity index (χ4v) is 1.87. The van der Waals surface area contributed by atoms with Gasteiger partial charge >= 0.3 is 0 Å². The number of rotatable bonds is 4. The molecular weight excluding hydrogens is 188 g/mol. The standard InChI is InChI=1S/C12H20N2O/c1-10(4-3-8-13)5-6-11-7-9-14(2)12(11)15/h3-4,8,11H,5-7,9,13H2,1-2H3/b8-3-,10-4-. The van der Waals surface area contributed by atoms with E-state index in [0.29, 0.717) is 5.91 Å². The Hall–Kier alpha value is -1.25. The lowest BCUT2D eigenvalue weighted by Gasteiger charge is -2.09. The summed E-state index contributed by atoms with van der Waals surface area (Å²) in [5.41, 5.74) is 6.53. The minimum atomic E-state index is 0.236. The van der Waals surface area contributed by atoms with Gasteiger partial charge in [-0.25, -0.2) is 0 Å². The highest BCUT2D eigenvalue weighted by molar-refractivity contribution is 5.80. The Morgan fingerprint density at radius 3 is 2.93 bits per heavy atom. The number of hydrogen-bond donors (Lipinski definition) is 1. The molecule has 1 heterocycles. The number of carbonyl (C=O) groups excluding carboxylic acids is 1. The van der Waals surface area contributed by atoms with Gasteiger partial charge in [-0.15, -0.1) is 0 Å². The predicted octanol–water partition coefficient (Wildman–Crippen LogP) is 1.66. The van der Waals surface area contributed by atoms with Gasteiger partial charge in [-0.2, -0.15) is 0 Å². The Morgan fingerprint density at radius 2 is 2.40 bits per heavy atom. The molecule has 84 valence electrons. The normalized spacial score (nSPS) is 23.1. The minimum Gasteiger partial charge on any atom is -0.405 e. The van der Waals surface area contributed by atoms with Crippen LogP contribution in [0.2, 0.25) is 0 Å². The van der Waals surface area contributed by atoms with Gasteiger partial charge < -0.3 is 10.6 Å². The Morgan fingerprint density at radius 1 is 1.67 bits per heavy atom. The summed E-state index contributed by atoms with van der Waals surface area (Å²) in [5, 5.41) is 0. The fourth-order valence-electron chi connectivity index (χ4n) is 1.87. The molecule has 0 spiro atoms. The van der Waals surface area contributed by atoms with Crippen molar-refractivity contribution in [2.24, 2.45) is 11.7 Å². The molecule has 0 saturated carbocycles. The Kier molecular flexibility index (Phi) is 4.40. The zero-order valence-electron chi connectivity index (χ0n) is 9.57. The van der Waals surface area contributed by atoms with Crippen molar-refractivity contribution in [3.63, 3.8) is 0 Å². The number of hydrogen-bond acceptors (Lipinski definition) is 2. The van der Waals surface area contributed by atoms with Crippen molar-refractivity contribution in [3.05, 3.63) is 23.9 Å². The van der Waals surface area contributed by atoms with Gasteiger partial charge in [0.05, 0.1) is 0 Å². The quantitative estimate of drug-likeness (QED) is 0.714. The van der Waals surface area contributed by atoms with E-state index >= 15 is 0 Å². The first-order valence-electron chi connectivity index (χ1n) is 5.44. The topological polar surface area (TPSA) is 46.3 Å². The number of nitrogens with two attached hydrogens (primary N) is 1. The SMILES string of the molecule is C/C(=C/C=C\N)CCC1CCN(C)C1=O. The van der Waals surface area contributed by atoms with Crippen LogP contribution in [0.3, 0.4) is 0 Å². The van der Waals surface area contributed by atoms with Crippen molar-refractivity contribution in [1.82, 2.24) is 4.90 Å². The van der Waals surface area contributed by atoms with Crippen LogP contribution in [-0.4, -0.2) is 24.4 Å². The maximum Gasteiger partial charge on any atom is 0.225 e. The Bertz CT molecular complexity index is 281. The lowest BCUT2D eigenvalue weighted by Crippen LogP contribution is -2.22. The van der Waals surface area contributed by atoms with Crippen LogP contribution < -0.4 is 5.73 Å². The molecule has 0 aromatic heterocycles. The number of nitrogens with zero attached hydrogens (tertiary/aromatic N) is 1. The van der Waals surface area contributed by atoms with Crippen molar-refractivity contribution < 1.29 is 4.79 Å². The van der Waals surface area contributed by atoms with Crippen LogP contribution in [-0.2, 0) is 4.79 Å². The second-order valence-electron chi connectivity index (χ2n) is 4.18. The van der Waals surface area contributed by atoms with Crippen LogP contribution in [0.1, 0.15) is 26.2 Å². The van der Waals surface area contributed by atoms with E-state index in [0.717, 1.165) is 25.8 Å². The largest absolute Gasteiger partial charge is 0.405 e. The van der Waals surface area contributed by atoms with E-state index in [2.05, 4.69) is 6.92 Å². The van der Waals surface area contributed by atoms with Gasteiger partial charge in [-0.05, 0) is 38.5 Å². The lowest BCUT2D eigenvalue weighted by atomic mass is 9.99. The highest BCUT2D eigenvalue weighted by atomic mass is 16.2. The van der Waals surface area contributed by atoms with E-state index in [1.54, 1.807) is 0 Å². The lowest BCUT2D eigenvalue weighted by molar-refractivity contribution is -0.129. The van der Waals surface area contributed by atoms with E-state index in [-0.39, 0.29) is 5.92 Å². The summed E-state index contributed by atoms with van der Waals surface area (Å²) < 4.78 is 0. The summed E-state index contributed by atoms with van der Waals surface area (Å²) in [5.74, 6) is 0.539. The monoisotopic (exact) mass is 208 g/mol. The average molecular weight is 208 g/mol. The summed E-state index contributed by atoms with van der Waals surface area (Å²) in [6.45, 7) is 2.98. The number of amides is 1. The highest BCUT2D eigenvalue weighted by Gasteiger charge is 2.28. The van der Waals surface area contributed by atoms with Crippen molar-refractivity contribution >= 4 is 5.91 Å². The first-order valence-corrected chi connectivity index (χ1v) is 5.44. The third kappa shape index (κ3) is 3.42. The molecule has 0 aromatic carbocycles. The first-order chi connectivity index (χ1) is 7.15. The number of carbonyl (C=O) groups is 1. The van der Waals surface area contributed by atoms with Crippen LogP contribution in [0, 0.1) is 5.92 Å². The zero-order chi connectivity index (χ0) is 11.3. The molecule has 1 unspecified atom stereocenters. The molecule has 3 nitrogen and oxygen atoms in total.